The number of nitrogens with one attached hydrogen (secondary N) is 1. The zero-order chi connectivity index (χ0) is 20.3. The number of nitriles is 1. The van der Waals surface area contributed by atoms with E-state index in [2.05, 4.69) is 21.2 Å². The first-order valence-corrected chi connectivity index (χ1v) is 9.76. The van der Waals surface area contributed by atoms with Gasteiger partial charge in [0.1, 0.15) is 28.6 Å². The van der Waals surface area contributed by atoms with Gasteiger partial charge in [0.2, 0.25) is 11.8 Å². The number of rotatable bonds is 1. The minimum Gasteiger partial charge on any atom is -0.469 e. The van der Waals surface area contributed by atoms with E-state index < -0.39 is 11.3 Å². The number of halogens is 1. The molecule has 144 valence electrons. The summed E-state index contributed by atoms with van der Waals surface area (Å²) in [5, 5.41) is 12.7. The molecule has 0 unspecified atom stereocenters. The number of ketones is 1. The fourth-order valence-corrected chi connectivity index (χ4v) is 4.88. The van der Waals surface area contributed by atoms with Crippen LogP contribution in [0.4, 0.5) is 5.69 Å². The second kappa shape index (κ2) is 6.09. The second-order valence-corrected chi connectivity index (χ2v) is 8.10. The van der Waals surface area contributed by atoms with Crippen molar-refractivity contribution in [3.8, 4) is 6.07 Å². The Hall–Kier alpha value is -3.31. The molecule has 1 amide bonds. The van der Waals surface area contributed by atoms with Gasteiger partial charge in [-0.1, -0.05) is 15.9 Å². The molecule has 29 heavy (non-hydrogen) atoms. The molecule has 0 radical (unpaired) electrons. The van der Waals surface area contributed by atoms with Gasteiger partial charge >= 0.3 is 0 Å². The monoisotopic (exact) mass is 451 g/mol. The number of allylic oxidation sites excluding steroid dienone is 1. The van der Waals surface area contributed by atoms with Crippen molar-refractivity contribution in [1.29, 1.82) is 5.26 Å². The van der Waals surface area contributed by atoms with E-state index >= 15 is 0 Å². The maximum Gasteiger partial charge on any atom is 0.245 e. The van der Waals surface area contributed by atoms with E-state index in [-0.39, 0.29) is 35.2 Å². The van der Waals surface area contributed by atoms with Crippen molar-refractivity contribution in [3.63, 3.8) is 0 Å². The number of furan rings is 1. The molecule has 2 aliphatic heterocycles. The molecule has 1 aliphatic carbocycles. The Morgan fingerprint density at radius 1 is 1.28 bits per heavy atom. The van der Waals surface area contributed by atoms with Gasteiger partial charge in [-0.25, -0.2) is 0 Å². The molecule has 3 N–H and O–H groups in total. The Bertz CT molecular complexity index is 1190. The Morgan fingerprint density at radius 3 is 2.83 bits per heavy atom. The third-order valence-electron chi connectivity index (χ3n) is 5.68. The first kappa shape index (κ1) is 17.8. The number of hydrogen-bond donors (Lipinski definition) is 2. The van der Waals surface area contributed by atoms with Gasteiger partial charge in [-0.3, -0.25) is 9.59 Å². The zero-order valence-corrected chi connectivity index (χ0v) is 16.6. The molecule has 3 heterocycles. The van der Waals surface area contributed by atoms with Crippen molar-refractivity contribution in [1.82, 2.24) is 0 Å². The van der Waals surface area contributed by atoms with Crippen LogP contribution in [0.1, 0.15) is 30.1 Å². The molecule has 0 saturated carbocycles. The molecule has 1 spiro atoms. The highest BCUT2D eigenvalue weighted by molar-refractivity contribution is 9.10. The predicted molar refractivity (Wildman–Crippen MR) is 105 cm³/mol. The highest BCUT2D eigenvalue weighted by Crippen LogP contribution is 2.55. The van der Waals surface area contributed by atoms with Gasteiger partial charge in [0.15, 0.2) is 5.78 Å². The molecular weight excluding hydrogens is 438 g/mol. The molecule has 7 nitrogen and oxygen atoms in total. The fourth-order valence-electron chi connectivity index (χ4n) is 4.52. The Balaban J connectivity index is 1.77. The van der Waals surface area contributed by atoms with Crippen LogP contribution in [0.3, 0.4) is 0 Å². The average molecular weight is 452 g/mol. The number of benzene rings is 1. The molecule has 5 rings (SSSR count). The third kappa shape index (κ3) is 2.28. The summed E-state index contributed by atoms with van der Waals surface area (Å²) in [7, 11) is 0. The number of carbonyl (C=O) groups is 2. The van der Waals surface area contributed by atoms with Gasteiger partial charge in [0.25, 0.3) is 0 Å². The molecule has 0 saturated heterocycles. The number of ether oxygens (including phenoxy) is 1. The van der Waals surface area contributed by atoms with Crippen molar-refractivity contribution in [3.05, 3.63) is 75.2 Å². The van der Waals surface area contributed by atoms with Crippen LogP contribution in [-0.2, 0) is 19.7 Å². The number of nitrogens with two attached hydrogens (primary N) is 1. The number of fused-ring (bicyclic) bond motifs is 3. The topological polar surface area (TPSA) is 118 Å². The third-order valence-corrected chi connectivity index (χ3v) is 6.18. The average Bonchev–Trinajstić information content (AvgIpc) is 3.30. The summed E-state index contributed by atoms with van der Waals surface area (Å²) < 4.78 is 11.9. The van der Waals surface area contributed by atoms with Crippen LogP contribution in [0.25, 0.3) is 0 Å². The zero-order valence-electron chi connectivity index (χ0n) is 15.0. The summed E-state index contributed by atoms with van der Waals surface area (Å²) in [6, 6.07) is 10.8. The van der Waals surface area contributed by atoms with Crippen LogP contribution in [0.2, 0.25) is 0 Å². The van der Waals surface area contributed by atoms with Gasteiger partial charge in [-0.05, 0) is 30.3 Å². The number of nitrogens with zero attached hydrogens (tertiary/aromatic N) is 1. The van der Waals surface area contributed by atoms with E-state index in [0.717, 1.165) is 0 Å². The largest absolute Gasteiger partial charge is 0.469 e. The van der Waals surface area contributed by atoms with Gasteiger partial charge < -0.3 is 20.2 Å². The Morgan fingerprint density at radius 2 is 2.10 bits per heavy atom. The summed E-state index contributed by atoms with van der Waals surface area (Å²) in [5.41, 5.74) is 5.63. The van der Waals surface area contributed by atoms with Crippen molar-refractivity contribution in [2.75, 3.05) is 5.32 Å². The summed E-state index contributed by atoms with van der Waals surface area (Å²) in [6.45, 7) is 0. The lowest BCUT2D eigenvalue weighted by Crippen LogP contribution is -2.47. The van der Waals surface area contributed by atoms with Crippen LogP contribution >= 0.6 is 15.9 Å². The van der Waals surface area contributed by atoms with Crippen LogP contribution in [0, 0.1) is 11.3 Å². The lowest BCUT2D eigenvalue weighted by Gasteiger charge is -2.38. The molecule has 0 bridgehead atoms. The number of Topliss-reactive ketones (excluding diaryl/α,β-unsaturated/α-hetero) is 1. The molecule has 3 aliphatic rings. The summed E-state index contributed by atoms with van der Waals surface area (Å²) in [4.78, 5) is 26.7. The lowest BCUT2D eigenvalue weighted by atomic mass is 9.64. The van der Waals surface area contributed by atoms with Crippen LogP contribution in [0.15, 0.2) is 68.3 Å². The lowest BCUT2D eigenvalue weighted by molar-refractivity contribution is -0.123. The highest BCUT2D eigenvalue weighted by Gasteiger charge is 2.60. The van der Waals surface area contributed by atoms with E-state index in [9.17, 15) is 14.9 Å². The van der Waals surface area contributed by atoms with E-state index in [1.165, 1.54) is 0 Å². The quantitative estimate of drug-likeness (QED) is 0.685. The van der Waals surface area contributed by atoms with E-state index in [0.29, 0.717) is 33.7 Å². The molecule has 1 aromatic heterocycles. The number of carbonyl (C=O) groups excluding carboxylic acids is 2. The second-order valence-electron chi connectivity index (χ2n) is 7.19. The number of hydrogen-bond acceptors (Lipinski definition) is 6. The molecule has 1 aromatic carbocycles. The first-order chi connectivity index (χ1) is 14.0. The van der Waals surface area contributed by atoms with Crippen LogP contribution in [0.5, 0.6) is 0 Å². The normalized spacial score (nSPS) is 25.4. The first-order valence-electron chi connectivity index (χ1n) is 8.96. The Labute approximate surface area is 173 Å². The van der Waals surface area contributed by atoms with Crippen molar-refractivity contribution in [2.24, 2.45) is 5.73 Å². The SMILES string of the molecule is N#CC1=C(N)OC2=C(C(=O)C[C@H](c3ccco3)C2)[C@@]12C(=O)Nc1ccc(Br)cc12. The summed E-state index contributed by atoms with van der Waals surface area (Å²) in [5.74, 6) is -0.169. The van der Waals surface area contributed by atoms with Gasteiger partial charge in [-0.2, -0.15) is 5.26 Å². The van der Waals surface area contributed by atoms with E-state index in [4.69, 9.17) is 14.9 Å². The minimum atomic E-state index is -1.61. The smallest absolute Gasteiger partial charge is 0.245 e. The molecule has 8 heteroatoms. The van der Waals surface area contributed by atoms with Crippen molar-refractivity contribution in [2.45, 2.75) is 24.2 Å². The fraction of sp³-hybridized carbons (Fsp3) is 0.190. The molecule has 0 fully saturated rings. The molecular formula is C21H14BrN3O4. The maximum absolute atomic E-state index is 13.4. The number of amides is 1. The maximum atomic E-state index is 13.4. The van der Waals surface area contributed by atoms with Crippen LogP contribution in [-0.4, -0.2) is 11.7 Å². The predicted octanol–water partition coefficient (Wildman–Crippen LogP) is 3.36. The van der Waals surface area contributed by atoms with E-state index in [1.807, 2.05) is 6.07 Å². The standard InChI is InChI=1S/C21H14BrN3O4/c22-11-3-4-14-12(8-11)21(20(27)25-14)13(9-23)19(24)29-17-7-10(6-15(26)18(17)21)16-2-1-5-28-16/h1-5,8,10H,6-7,24H2,(H,25,27)/t10-,21-/m0/s1. The molecule has 2 atom stereocenters. The van der Waals surface area contributed by atoms with Crippen molar-refractivity contribution >= 4 is 33.3 Å². The summed E-state index contributed by atoms with van der Waals surface area (Å²) >= 11 is 3.42. The Kier molecular flexibility index (Phi) is 3.73. The van der Waals surface area contributed by atoms with Crippen LogP contribution < -0.4 is 11.1 Å². The van der Waals surface area contributed by atoms with Gasteiger partial charge in [-0.15, -0.1) is 0 Å². The van der Waals surface area contributed by atoms with Crippen molar-refractivity contribution < 1.29 is 18.7 Å². The van der Waals surface area contributed by atoms with E-state index in [1.54, 1.807) is 36.6 Å². The molecule has 2 aromatic rings. The van der Waals surface area contributed by atoms with Gasteiger partial charge in [0, 0.05) is 34.5 Å². The highest BCUT2D eigenvalue weighted by atomic mass is 79.9. The van der Waals surface area contributed by atoms with Gasteiger partial charge in [0.05, 0.1) is 11.8 Å². The summed E-state index contributed by atoms with van der Waals surface area (Å²) in [6.07, 6.45) is 2.03. The number of anilines is 1. The minimum absolute atomic E-state index is 0.0737.